The maximum atomic E-state index is 13.3. The van der Waals surface area contributed by atoms with Crippen LogP contribution in [0.4, 0.5) is 10.1 Å². The van der Waals surface area contributed by atoms with Gasteiger partial charge in [-0.3, -0.25) is 4.79 Å². The summed E-state index contributed by atoms with van der Waals surface area (Å²) in [6.45, 7) is 5.31. The number of carbonyl (C=O) groups is 1. The molecule has 2 nitrogen and oxygen atoms in total. The number of nitrogen functional groups attached to an aromatic ring is 1. The quantitative estimate of drug-likeness (QED) is 0.660. The van der Waals surface area contributed by atoms with Crippen molar-refractivity contribution in [1.82, 2.24) is 0 Å². The number of hydrogen-bond acceptors (Lipinski definition) is 2. The van der Waals surface area contributed by atoms with Crippen molar-refractivity contribution in [3.63, 3.8) is 0 Å². The molecule has 0 spiro atoms. The topological polar surface area (TPSA) is 43.1 Å². The summed E-state index contributed by atoms with van der Waals surface area (Å²) in [6, 6.07) is 8.10. The van der Waals surface area contributed by atoms with Crippen molar-refractivity contribution in [3.8, 4) is 0 Å². The number of halogens is 1. The molecule has 0 aliphatic carbocycles. The van der Waals surface area contributed by atoms with Gasteiger partial charge in [-0.2, -0.15) is 0 Å². The smallest absolute Gasteiger partial charge is 0.195 e. The minimum Gasteiger partial charge on any atom is -0.398 e. The predicted octanol–water partition coefficient (Wildman–Crippen LogP) is 3.56. The van der Waals surface area contributed by atoms with Crippen LogP contribution < -0.4 is 5.73 Å². The predicted molar refractivity (Wildman–Crippen MR) is 74.9 cm³/mol. The summed E-state index contributed by atoms with van der Waals surface area (Å²) in [7, 11) is 0. The molecule has 3 heteroatoms. The summed E-state index contributed by atoms with van der Waals surface area (Å²) in [4.78, 5) is 12.6. The lowest BCUT2D eigenvalue weighted by molar-refractivity contribution is 0.103. The SMILES string of the molecule is Cc1cc(F)cc(C)c1C(=O)c1c(C)cccc1N. The van der Waals surface area contributed by atoms with Gasteiger partial charge in [-0.1, -0.05) is 12.1 Å². The van der Waals surface area contributed by atoms with Crippen molar-refractivity contribution in [1.29, 1.82) is 0 Å². The second-order valence-corrected chi connectivity index (χ2v) is 4.78. The van der Waals surface area contributed by atoms with Crippen LogP contribution in [0.3, 0.4) is 0 Å². The molecule has 0 bridgehead atoms. The molecule has 0 unspecified atom stereocenters. The number of aryl methyl sites for hydroxylation is 3. The van der Waals surface area contributed by atoms with Gasteiger partial charge in [0.25, 0.3) is 0 Å². The highest BCUT2D eigenvalue weighted by Gasteiger charge is 2.19. The Labute approximate surface area is 112 Å². The number of ketones is 1. The van der Waals surface area contributed by atoms with Crippen LogP contribution >= 0.6 is 0 Å². The van der Waals surface area contributed by atoms with Gasteiger partial charge in [0.05, 0.1) is 0 Å². The Bertz CT molecular complexity index is 619. The molecule has 2 rings (SSSR count). The second-order valence-electron chi connectivity index (χ2n) is 4.78. The summed E-state index contributed by atoms with van der Waals surface area (Å²) in [6.07, 6.45) is 0. The molecule has 0 radical (unpaired) electrons. The van der Waals surface area contributed by atoms with Gasteiger partial charge in [0.15, 0.2) is 5.78 Å². The summed E-state index contributed by atoms with van der Waals surface area (Å²) < 4.78 is 13.3. The van der Waals surface area contributed by atoms with Crippen molar-refractivity contribution < 1.29 is 9.18 Å². The molecular formula is C16H16FNO. The molecule has 0 heterocycles. The highest BCUT2D eigenvalue weighted by molar-refractivity contribution is 6.14. The average Bonchev–Trinajstić information content (AvgIpc) is 2.26. The Hall–Kier alpha value is -2.16. The number of rotatable bonds is 2. The Balaban J connectivity index is 2.64. The van der Waals surface area contributed by atoms with E-state index in [9.17, 15) is 9.18 Å². The maximum Gasteiger partial charge on any atom is 0.195 e. The van der Waals surface area contributed by atoms with Crippen molar-refractivity contribution in [2.75, 3.05) is 5.73 Å². The fourth-order valence-corrected chi connectivity index (χ4v) is 2.39. The van der Waals surface area contributed by atoms with Crippen LogP contribution in [0.15, 0.2) is 30.3 Å². The normalized spacial score (nSPS) is 10.5. The molecule has 19 heavy (non-hydrogen) atoms. The van der Waals surface area contributed by atoms with E-state index in [0.717, 1.165) is 5.56 Å². The van der Waals surface area contributed by atoms with Crippen LogP contribution in [0, 0.1) is 26.6 Å². The van der Waals surface area contributed by atoms with Crippen molar-refractivity contribution in [2.45, 2.75) is 20.8 Å². The zero-order chi connectivity index (χ0) is 14.2. The van der Waals surface area contributed by atoms with E-state index in [1.807, 2.05) is 19.1 Å². The highest BCUT2D eigenvalue weighted by Crippen LogP contribution is 2.25. The second kappa shape index (κ2) is 4.84. The molecule has 2 aromatic carbocycles. The molecule has 0 aromatic heterocycles. The van der Waals surface area contributed by atoms with E-state index < -0.39 is 0 Å². The number of anilines is 1. The van der Waals surface area contributed by atoms with Crippen LogP contribution in [-0.4, -0.2) is 5.78 Å². The zero-order valence-electron chi connectivity index (χ0n) is 11.3. The molecule has 98 valence electrons. The van der Waals surface area contributed by atoms with Gasteiger partial charge in [0.1, 0.15) is 5.82 Å². The standard InChI is InChI=1S/C16H16FNO/c1-9-5-4-6-13(18)15(9)16(19)14-10(2)7-12(17)8-11(14)3/h4-8H,18H2,1-3H3. The number of benzene rings is 2. The molecule has 0 amide bonds. The average molecular weight is 257 g/mol. The number of carbonyl (C=O) groups excluding carboxylic acids is 1. The highest BCUT2D eigenvalue weighted by atomic mass is 19.1. The number of nitrogens with two attached hydrogens (primary N) is 1. The molecule has 2 aromatic rings. The lowest BCUT2D eigenvalue weighted by Crippen LogP contribution is -2.11. The molecule has 2 N–H and O–H groups in total. The first kappa shape index (κ1) is 13.3. The van der Waals surface area contributed by atoms with E-state index in [-0.39, 0.29) is 11.6 Å². The molecule has 0 saturated carbocycles. The first-order valence-corrected chi connectivity index (χ1v) is 6.08. The van der Waals surface area contributed by atoms with Gasteiger partial charge in [-0.05, 0) is 55.7 Å². The van der Waals surface area contributed by atoms with Gasteiger partial charge in [0, 0.05) is 16.8 Å². The third kappa shape index (κ3) is 2.36. The van der Waals surface area contributed by atoms with Gasteiger partial charge in [-0.25, -0.2) is 4.39 Å². The van der Waals surface area contributed by atoms with E-state index in [1.165, 1.54) is 12.1 Å². The fourth-order valence-electron chi connectivity index (χ4n) is 2.39. The first-order chi connectivity index (χ1) is 8.91. The van der Waals surface area contributed by atoms with E-state index in [2.05, 4.69) is 0 Å². The summed E-state index contributed by atoms with van der Waals surface area (Å²) in [5.74, 6) is -0.477. The van der Waals surface area contributed by atoms with E-state index in [4.69, 9.17) is 5.73 Å². The maximum absolute atomic E-state index is 13.3. The van der Waals surface area contributed by atoms with Crippen molar-refractivity contribution in [2.24, 2.45) is 0 Å². The Kier molecular flexibility index (Phi) is 3.38. The Morgan fingerprint density at radius 3 is 2.11 bits per heavy atom. The minimum absolute atomic E-state index is 0.148. The summed E-state index contributed by atoms with van der Waals surface area (Å²) >= 11 is 0. The Morgan fingerprint density at radius 1 is 1.00 bits per heavy atom. The lowest BCUT2D eigenvalue weighted by Gasteiger charge is -2.12. The molecule has 0 atom stereocenters. The van der Waals surface area contributed by atoms with E-state index >= 15 is 0 Å². The molecule has 0 aliphatic rings. The minimum atomic E-state index is -0.329. The van der Waals surface area contributed by atoms with Crippen LogP contribution in [0.5, 0.6) is 0 Å². The van der Waals surface area contributed by atoms with Crippen LogP contribution in [-0.2, 0) is 0 Å². The van der Waals surface area contributed by atoms with Crippen molar-refractivity contribution >= 4 is 11.5 Å². The third-order valence-corrected chi connectivity index (χ3v) is 3.26. The monoisotopic (exact) mass is 257 g/mol. The van der Waals surface area contributed by atoms with Gasteiger partial charge in [-0.15, -0.1) is 0 Å². The van der Waals surface area contributed by atoms with E-state index in [1.54, 1.807) is 19.9 Å². The van der Waals surface area contributed by atoms with Gasteiger partial charge in [0.2, 0.25) is 0 Å². The lowest BCUT2D eigenvalue weighted by atomic mass is 9.91. The van der Waals surface area contributed by atoms with Gasteiger partial charge >= 0.3 is 0 Å². The fraction of sp³-hybridized carbons (Fsp3) is 0.188. The molecule has 0 aliphatic heterocycles. The molecular weight excluding hydrogens is 241 g/mol. The molecule has 0 fully saturated rings. The van der Waals surface area contributed by atoms with Crippen molar-refractivity contribution in [3.05, 3.63) is 64.0 Å². The largest absolute Gasteiger partial charge is 0.398 e. The summed E-state index contributed by atoms with van der Waals surface area (Å²) in [5, 5.41) is 0. The zero-order valence-corrected chi connectivity index (χ0v) is 11.3. The van der Waals surface area contributed by atoms with Crippen LogP contribution in [0.1, 0.15) is 32.6 Å². The third-order valence-electron chi connectivity index (χ3n) is 3.26. The van der Waals surface area contributed by atoms with Crippen LogP contribution in [0.25, 0.3) is 0 Å². The Morgan fingerprint density at radius 2 is 1.58 bits per heavy atom. The van der Waals surface area contributed by atoms with Crippen LogP contribution in [0.2, 0.25) is 0 Å². The van der Waals surface area contributed by atoms with Gasteiger partial charge < -0.3 is 5.73 Å². The molecule has 0 saturated heterocycles. The van der Waals surface area contributed by atoms with E-state index in [0.29, 0.717) is 27.9 Å². The first-order valence-electron chi connectivity index (χ1n) is 6.08. The summed E-state index contributed by atoms with van der Waals surface area (Å²) in [5.41, 5.74) is 9.46. The number of hydrogen-bond donors (Lipinski definition) is 1.